The molecule has 0 aliphatic heterocycles. The molecule has 0 unspecified atom stereocenters. The Morgan fingerprint density at radius 1 is 1.19 bits per heavy atom. The standard InChI is InChI=1S/C14H16N4O2S/c19-21(20,12-2-1-7-15-8-12)9-13-16-17-14(10-3-4-10)18(13)11-5-6-11/h1-2,7-8,10-11H,3-6,9H2. The number of rotatable bonds is 5. The van der Waals surface area contributed by atoms with Gasteiger partial charge in [0, 0.05) is 24.4 Å². The molecule has 0 radical (unpaired) electrons. The van der Waals surface area contributed by atoms with E-state index in [4.69, 9.17) is 0 Å². The van der Waals surface area contributed by atoms with Crippen LogP contribution in [0.3, 0.4) is 0 Å². The first-order valence-electron chi connectivity index (χ1n) is 7.21. The monoisotopic (exact) mass is 304 g/mol. The zero-order valence-electron chi connectivity index (χ0n) is 11.5. The van der Waals surface area contributed by atoms with Gasteiger partial charge in [-0.2, -0.15) is 0 Å². The molecule has 2 fully saturated rings. The third-order valence-electron chi connectivity index (χ3n) is 3.96. The van der Waals surface area contributed by atoms with Gasteiger partial charge in [-0.05, 0) is 37.8 Å². The molecule has 0 spiro atoms. The minimum Gasteiger partial charge on any atom is -0.311 e. The van der Waals surface area contributed by atoms with Crippen LogP contribution in [-0.2, 0) is 15.6 Å². The molecule has 0 N–H and O–H groups in total. The number of hydrogen-bond donors (Lipinski definition) is 0. The van der Waals surface area contributed by atoms with Gasteiger partial charge in [0.1, 0.15) is 17.4 Å². The van der Waals surface area contributed by atoms with Crippen molar-refractivity contribution in [1.82, 2.24) is 19.7 Å². The predicted octanol–water partition coefficient (Wildman–Crippen LogP) is 1.86. The van der Waals surface area contributed by atoms with Crippen LogP contribution >= 0.6 is 0 Å². The fourth-order valence-electron chi connectivity index (χ4n) is 2.57. The Kier molecular flexibility index (Phi) is 2.85. The molecule has 2 heterocycles. The second kappa shape index (κ2) is 4.62. The van der Waals surface area contributed by atoms with Gasteiger partial charge in [0.2, 0.25) is 0 Å². The van der Waals surface area contributed by atoms with Crippen LogP contribution in [0.15, 0.2) is 29.4 Å². The lowest BCUT2D eigenvalue weighted by molar-refractivity contribution is 0.588. The highest BCUT2D eigenvalue weighted by molar-refractivity contribution is 7.90. The molecule has 0 atom stereocenters. The molecule has 4 rings (SSSR count). The van der Waals surface area contributed by atoms with Crippen molar-refractivity contribution in [3.8, 4) is 0 Å². The van der Waals surface area contributed by atoms with E-state index in [1.165, 1.54) is 6.20 Å². The minimum atomic E-state index is -3.42. The van der Waals surface area contributed by atoms with Gasteiger partial charge >= 0.3 is 0 Å². The van der Waals surface area contributed by atoms with Crippen molar-refractivity contribution in [3.05, 3.63) is 36.2 Å². The molecule has 0 saturated heterocycles. The molecule has 7 heteroatoms. The van der Waals surface area contributed by atoms with Gasteiger partial charge in [-0.15, -0.1) is 10.2 Å². The van der Waals surface area contributed by atoms with Gasteiger partial charge in [0.05, 0.1) is 4.90 Å². The van der Waals surface area contributed by atoms with Crippen molar-refractivity contribution in [3.63, 3.8) is 0 Å². The fourth-order valence-corrected chi connectivity index (χ4v) is 3.78. The summed E-state index contributed by atoms with van der Waals surface area (Å²) in [6.07, 6.45) is 7.42. The maximum Gasteiger partial charge on any atom is 0.187 e. The summed E-state index contributed by atoms with van der Waals surface area (Å²) in [5, 5.41) is 8.41. The van der Waals surface area contributed by atoms with Crippen LogP contribution in [0, 0.1) is 0 Å². The molecule has 2 aliphatic carbocycles. The third-order valence-corrected chi connectivity index (χ3v) is 5.56. The second-order valence-corrected chi connectivity index (χ2v) is 7.79. The molecule has 0 amide bonds. The Morgan fingerprint density at radius 3 is 2.62 bits per heavy atom. The van der Waals surface area contributed by atoms with Crippen LogP contribution in [0.25, 0.3) is 0 Å². The van der Waals surface area contributed by atoms with E-state index in [-0.39, 0.29) is 10.6 Å². The lowest BCUT2D eigenvalue weighted by atomic mass is 10.4. The topological polar surface area (TPSA) is 77.7 Å². The molecule has 6 nitrogen and oxygen atoms in total. The number of hydrogen-bond acceptors (Lipinski definition) is 5. The first-order valence-corrected chi connectivity index (χ1v) is 8.87. The van der Waals surface area contributed by atoms with Crippen molar-refractivity contribution in [1.29, 1.82) is 0 Å². The summed E-state index contributed by atoms with van der Waals surface area (Å²) in [4.78, 5) is 4.12. The zero-order chi connectivity index (χ0) is 14.4. The van der Waals surface area contributed by atoms with E-state index in [0.717, 1.165) is 31.5 Å². The summed E-state index contributed by atoms with van der Waals surface area (Å²) in [6, 6.07) is 3.60. The van der Waals surface area contributed by atoms with Crippen molar-refractivity contribution >= 4 is 9.84 Å². The van der Waals surface area contributed by atoms with Gasteiger partial charge in [0.25, 0.3) is 0 Å². The fraction of sp³-hybridized carbons (Fsp3) is 0.500. The summed E-state index contributed by atoms with van der Waals surface area (Å²) in [7, 11) is -3.42. The van der Waals surface area contributed by atoms with Crippen LogP contribution in [0.1, 0.15) is 49.3 Å². The molecule has 110 valence electrons. The van der Waals surface area contributed by atoms with E-state index in [2.05, 4.69) is 19.7 Å². The van der Waals surface area contributed by atoms with Crippen molar-refractivity contribution < 1.29 is 8.42 Å². The van der Waals surface area contributed by atoms with E-state index < -0.39 is 9.84 Å². The number of pyridine rings is 1. The van der Waals surface area contributed by atoms with E-state index in [1.54, 1.807) is 18.3 Å². The van der Waals surface area contributed by atoms with Crippen LogP contribution < -0.4 is 0 Å². The Bertz CT molecular complexity index is 762. The van der Waals surface area contributed by atoms with E-state index in [1.807, 2.05) is 0 Å². The van der Waals surface area contributed by atoms with Gasteiger partial charge < -0.3 is 4.57 Å². The number of aromatic nitrogens is 4. The lowest BCUT2D eigenvalue weighted by Crippen LogP contribution is -2.12. The van der Waals surface area contributed by atoms with Crippen molar-refractivity contribution in [2.24, 2.45) is 0 Å². The number of sulfone groups is 1. The summed E-state index contributed by atoms with van der Waals surface area (Å²) in [5.74, 6) is 1.93. The molecular weight excluding hydrogens is 288 g/mol. The van der Waals surface area contributed by atoms with Gasteiger partial charge in [-0.1, -0.05) is 0 Å². The highest BCUT2D eigenvalue weighted by atomic mass is 32.2. The minimum absolute atomic E-state index is 0.102. The second-order valence-electron chi connectivity index (χ2n) is 5.80. The van der Waals surface area contributed by atoms with Crippen molar-refractivity contribution in [2.45, 2.75) is 48.3 Å². The van der Waals surface area contributed by atoms with E-state index >= 15 is 0 Å². The Labute approximate surface area is 123 Å². The summed E-state index contributed by atoms with van der Waals surface area (Å²) in [6.45, 7) is 0. The number of nitrogens with zero attached hydrogens (tertiary/aromatic N) is 4. The average Bonchev–Trinajstić information content (AvgIpc) is 3.39. The molecule has 2 aromatic rings. The zero-order valence-corrected chi connectivity index (χ0v) is 12.3. The van der Waals surface area contributed by atoms with Gasteiger partial charge in [0.15, 0.2) is 9.84 Å². The van der Waals surface area contributed by atoms with Crippen LogP contribution in [-0.4, -0.2) is 28.2 Å². The molecule has 2 saturated carbocycles. The van der Waals surface area contributed by atoms with E-state index in [0.29, 0.717) is 17.8 Å². The maximum absolute atomic E-state index is 12.5. The first-order chi connectivity index (χ1) is 10.1. The molecule has 0 aromatic carbocycles. The maximum atomic E-state index is 12.5. The first kappa shape index (κ1) is 12.9. The van der Waals surface area contributed by atoms with Gasteiger partial charge in [-0.25, -0.2) is 8.42 Å². The summed E-state index contributed by atoms with van der Waals surface area (Å²) in [5.41, 5.74) is 0. The lowest BCUT2D eigenvalue weighted by Gasteiger charge is -2.09. The Hall–Kier alpha value is -1.76. The van der Waals surface area contributed by atoms with Crippen LogP contribution in [0.4, 0.5) is 0 Å². The molecule has 21 heavy (non-hydrogen) atoms. The summed E-state index contributed by atoms with van der Waals surface area (Å²) >= 11 is 0. The molecule has 2 aliphatic rings. The van der Waals surface area contributed by atoms with E-state index in [9.17, 15) is 8.42 Å². The Balaban J connectivity index is 1.68. The van der Waals surface area contributed by atoms with Crippen LogP contribution in [0.5, 0.6) is 0 Å². The molecule has 2 aromatic heterocycles. The quantitative estimate of drug-likeness (QED) is 0.842. The smallest absolute Gasteiger partial charge is 0.187 e. The Morgan fingerprint density at radius 2 is 2.00 bits per heavy atom. The van der Waals surface area contributed by atoms with Crippen LogP contribution in [0.2, 0.25) is 0 Å². The highest BCUT2D eigenvalue weighted by Crippen LogP contribution is 2.44. The normalized spacial score (nSPS) is 18.9. The van der Waals surface area contributed by atoms with Gasteiger partial charge in [-0.3, -0.25) is 4.98 Å². The average molecular weight is 304 g/mol. The molecular formula is C14H16N4O2S. The SMILES string of the molecule is O=S(=O)(Cc1nnc(C2CC2)n1C1CC1)c1cccnc1. The molecule has 0 bridgehead atoms. The third kappa shape index (κ3) is 2.46. The predicted molar refractivity (Wildman–Crippen MR) is 75.4 cm³/mol. The van der Waals surface area contributed by atoms with Crippen molar-refractivity contribution in [2.75, 3.05) is 0 Å². The largest absolute Gasteiger partial charge is 0.311 e. The summed E-state index contributed by atoms with van der Waals surface area (Å²) < 4.78 is 27.0. The highest BCUT2D eigenvalue weighted by Gasteiger charge is 2.37.